The molecule has 3 aliphatic carbocycles. The van der Waals surface area contributed by atoms with E-state index < -0.39 is 29.0 Å². The van der Waals surface area contributed by atoms with Crippen LogP contribution >= 0.6 is 15.9 Å². The van der Waals surface area contributed by atoms with Crippen molar-refractivity contribution >= 4 is 27.8 Å². The minimum atomic E-state index is -1.27. The molecule has 0 aromatic heterocycles. The van der Waals surface area contributed by atoms with Gasteiger partial charge >= 0.3 is 5.97 Å². The standard InChI is InChI=1S/C18H17BrFNO3/c19-10-2-1-9(12(20)7-10)8-18(16(21)24)13-4-3-11(14(18)15(22)23)17(13)5-6-17/h1-4,7,11,13-14H,5-6,8H2,(H2,21,24)(H,22,23)/t11-,13+,14+,18-/m1/s1. The molecule has 0 radical (unpaired) electrons. The van der Waals surface area contributed by atoms with Crippen molar-refractivity contribution in [2.75, 3.05) is 0 Å². The first-order valence-electron chi connectivity index (χ1n) is 7.98. The summed E-state index contributed by atoms with van der Waals surface area (Å²) in [5, 5.41) is 9.83. The zero-order chi connectivity index (χ0) is 17.3. The second-order valence-corrected chi connectivity index (χ2v) is 8.17. The number of nitrogens with two attached hydrogens (primary N) is 1. The normalized spacial score (nSPS) is 34.7. The predicted molar refractivity (Wildman–Crippen MR) is 88.3 cm³/mol. The molecule has 4 atom stereocenters. The van der Waals surface area contributed by atoms with Crippen molar-refractivity contribution in [3.63, 3.8) is 0 Å². The van der Waals surface area contributed by atoms with Gasteiger partial charge in [-0.3, -0.25) is 9.59 Å². The van der Waals surface area contributed by atoms with Crippen molar-refractivity contribution < 1.29 is 19.1 Å². The van der Waals surface area contributed by atoms with E-state index in [4.69, 9.17) is 5.73 Å². The van der Waals surface area contributed by atoms with Gasteiger partial charge in [0.1, 0.15) is 5.82 Å². The zero-order valence-electron chi connectivity index (χ0n) is 12.8. The molecule has 1 spiro atoms. The van der Waals surface area contributed by atoms with Crippen LogP contribution in [0, 0.1) is 34.4 Å². The number of benzene rings is 1. The van der Waals surface area contributed by atoms with Crippen LogP contribution in [0.25, 0.3) is 0 Å². The Morgan fingerprint density at radius 2 is 2.04 bits per heavy atom. The lowest BCUT2D eigenvalue weighted by molar-refractivity contribution is -0.153. The number of halogens is 2. The van der Waals surface area contributed by atoms with Crippen LogP contribution in [0.3, 0.4) is 0 Å². The topological polar surface area (TPSA) is 80.4 Å². The van der Waals surface area contributed by atoms with E-state index in [-0.39, 0.29) is 23.7 Å². The molecule has 24 heavy (non-hydrogen) atoms. The molecule has 6 heteroatoms. The smallest absolute Gasteiger partial charge is 0.308 e. The first kappa shape index (κ1) is 15.8. The Kier molecular flexibility index (Phi) is 3.24. The number of carbonyl (C=O) groups is 2. The number of rotatable bonds is 4. The molecule has 2 fully saturated rings. The lowest BCUT2D eigenvalue weighted by atomic mass is 9.64. The summed E-state index contributed by atoms with van der Waals surface area (Å²) in [6.45, 7) is 0. The van der Waals surface area contributed by atoms with E-state index in [9.17, 15) is 19.1 Å². The van der Waals surface area contributed by atoms with Gasteiger partial charge in [-0.05, 0) is 54.2 Å². The Labute approximate surface area is 147 Å². The first-order chi connectivity index (χ1) is 11.3. The Bertz CT molecular complexity index is 788. The highest BCUT2D eigenvalue weighted by Crippen LogP contribution is 2.76. The van der Waals surface area contributed by atoms with Crippen molar-refractivity contribution in [2.45, 2.75) is 19.3 Å². The lowest BCUT2D eigenvalue weighted by Crippen LogP contribution is -2.50. The van der Waals surface area contributed by atoms with E-state index in [2.05, 4.69) is 15.9 Å². The fourth-order valence-corrected chi connectivity index (χ4v) is 5.55. The minimum absolute atomic E-state index is 0.0195. The Hall–Kier alpha value is -1.69. The average molecular weight is 394 g/mol. The maximum absolute atomic E-state index is 14.4. The molecule has 4 nitrogen and oxygen atoms in total. The number of hydrogen-bond donors (Lipinski definition) is 2. The van der Waals surface area contributed by atoms with Crippen LogP contribution in [0.15, 0.2) is 34.8 Å². The van der Waals surface area contributed by atoms with Crippen LogP contribution in [-0.2, 0) is 16.0 Å². The highest BCUT2D eigenvalue weighted by Gasteiger charge is 2.76. The van der Waals surface area contributed by atoms with Crippen molar-refractivity contribution in [3.05, 3.63) is 46.2 Å². The van der Waals surface area contributed by atoms with Crippen LogP contribution in [-0.4, -0.2) is 17.0 Å². The monoisotopic (exact) mass is 393 g/mol. The van der Waals surface area contributed by atoms with Gasteiger partial charge in [0, 0.05) is 4.47 Å². The summed E-state index contributed by atoms with van der Waals surface area (Å²) in [4.78, 5) is 24.5. The van der Waals surface area contributed by atoms with E-state index in [1.165, 1.54) is 6.07 Å². The van der Waals surface area contributed by atoms with Crippen LogP contribution < -0.4 is 5.73 Å². The molecule has 2 saturated carbocycles. The summed E-state index contributed by atoms with van der Waals surface area (Å²) >= 11 is 3.21. The number of allylic oxidation sites excluding steroid dienone is 2. The van der Waals surface area contributed by atoms with Gasteiger partial charge in [-0.2, -0.15) is 0 Å². The van der Waals surface area contributed by atoms with Crippen molar-refractivity contribution in [1.82, 2.24) is 0 Å². The second kappa shape index (κ2) is 4.91. The van der Waals surface area contributed by atoms with Crippen molar-refractivity contribution in [2.24, 2.45) is 34.3 Å². The summed E-state index contributed by atoms with van der Waals surface area (Å²) in [5.74, 6) is -3.42. The molecule has 2 bridgehead atoms. The van der Waals surface area contributed by atoms with Crippen LogP contribution in [0.5, 0.6) is 0 Å². The summed E-state index contributed by atoms with van der Waals surface area (Å²) in [6, 6.07) is 4.62. The first-order valence-corrected chi connectivity index (χ1v) is 8.77. The molecule has 0 saturated heterocycles. The van der Waals surface area contributed by atoms with E-state index in [1.54, 1.807) is 12.1 Å². The fourth-order valence-electron chi connectivity index (χ4n) is 5.22. The fraction of sp³-hybridized carbons (Fsp3) is 0.444. The van der Waals surface area contributed by atoms with Gasteiger partial charge in [0.15, 0.2) is 0 Å². The van der Waals surface area contributed by atoms with Gasteiger partial charge in [0.25, 0.3) is 0 Å². The number of carbonyl (C=O) groups excluding carboxylic acids is 1. The largest absolute Gasteiger partial charge is 0.481 e. The molecule has 126 valence electrons. The number of carboxylic acid groups (broad SMARTS) is 1. The number of aliphatic carboxylic acids is 1. The van der Waals surface area contributed by atoms with Gasteiger partial charge < -0.3 is 10.8 Å². The molecular weight excluding hydrogens is 377 g/mol. The third-order valence-electron chi connectivity index (χ3n) is 6.31. The van der Waals surface area contributed by atoms with Crippen LogP contribution in [0.2, 0.25) is 0 Å². The van der Waals surface area contributed by atoms with E-state index in [0.29, 0.717) is 10.0 Å². The van der Waals surface area contributed by atoms with Gasteiger partial charge in [0.05, 0.1) is 11.3 Å². The quantitative estimate of drug-likeness (QED) is 0.771. The predicted octanol–water partition coefficient (Wildman–Crippen LogP) is 2.90. The average Bonchev–Trinajstić information content (AvgIpc) is 3.16. The number of primary amides is 1. The SMILES string of the molecule is NC(=O)[C@@]1(Cc2ccc(Br)cc2F)[C@H](C(=O)O)[C@H]2C=C[C@H]1C21CC1. The number of hydrogen-bond acceptors (Lipinski definition) is 2. The number of carboxylic acids is 1. The second-order valence-electron chi connectivity index (χ2n) is 7.25. The number of amides is 1. The Morgan fingerprint density at radius 3 is 2.58 bits per heavy atom. The third-order valence-corrected chi connectivity index (χ3v) is 6.81. The third kappa shape index (κ3) is 1.83. The Morgan fingerprint density at radius 1 is 1.33 bits per heavy atom. The van der Waals surface area contributed by atoms with Crippen LogP contribution in [0.4, 0.5) is 4.39 Å². The minimum Gasteiger partial charge on any atom is -0.481 e. The molecule has 3 aliphatic rings. The van der Waals surface area contributed by atoms with Crippen LogP contribution in [0.1, 0.15) is 18.4 Å². The molecule has 0 aliphatic heterocycles. The molecule has 4 rings (SSSR count). The van der Waals surface area contributed by atoms with E-state index in [0.717, 1.165) is 12.8 Å². The lowest BCUT2D eigenvalue weighted by Gasteiger charge is -2.37. The summed E-state index contributed by atoms with van der Waals surface area (Å²) in [5.41, 5.74) is 4.66. The van der Waals surface area contributed by atoms with Gasteiger partial charge in [-0.15, -0.1) is 0 Å². The molecule has 1 aromatic carbocycles. The zero-order valence-corrected chi connectivity index (χ0v) is 14.4. The highest BCUT2D eigenvalue weighted by molar-refractivity contribution is 9.10. The molecular formula is C18H17BrFNO3. The molecule has 1 aromatic rings. The Balaban J connectivity index is 1.85. The summed E-state index contributed by atoms with van der Waals surface area (Å²) < 4.78 is 15.0. The maximum Gasteiger partial charge on any atom is 0.308 e. The van der Waals surface area contributed by atoms with E-state index in [1.807, 2.05) is 12.2 Å². The summed E-state index contributed by atoms with van der Waals surface area (Å²) in [7, 11) is 0. The van der Waals surface area contributed by atoms with Gasteiger partial charge in [-0.25, -0.2) is 4.39 Å². The maximum atomic E-state index is 14.4. The van der Waals surface area contributed by atoms with Gasteiger partial charge in [0.2, 0.25) is 5.91 Å². The molecule has 0 unspecified atom stereocenters. The van der Waals surface area contributed by atoms with Crippen molar-refractivity contribution in [3.8, 4) is 0 Å². The van der Waals surface area contributed by atoms with Gasteiger partial charge in [-0.1, -0.05) is 34.1 Å². The van der Waals surface area contributed by atoms with E-state index >= 15 is 0 Å². The highest BCUT2D eigenvalue weighted by atomic mass is 79.9. The molecule has 3 N–H and O–H groups in total. The molecule has 1 amide bonds. The van der Waals surface area contributed by atoms with Crippen molar-refractivity contribution in [1.29, 1.82) is 0 Å². The molecule has 0 heterocycles. The summed E-state index contributed by atoms with van der Waals surface area (Å²) in [6.07, 6.45) is 5.69.